The third kappa shape index (κ3) is 4.63. The number of aromatic nitrogens is 4. The monoisotopic (exact) mass is 572 g/mol. The molecule has 1 aromatic rings. The van der Waals surface area contributed by atoms with Gasteiger partial charge in [-0.2, -0.15) is 0 Å². The number of rotatable bonds is 9. The van der Waals surface area contributed by atoms with E-state index in [1.165, 1.54) is 27.7 Å². The van der Waals surface area contributed by atoms with Crippen molar-refractivity contribution >= 4 is 35.3 Å². The third-order valence-electron chi connectivity index (χ3n) is 9.72. The Morgan fingerprint density at radius 1 is 1.25 bits per heavy atom. The molecule has 2 saturated carbocycles. The number of tetrazole rings is 1. The van der Waals surface area contributed by atoms with Gasteiger partial charge in [-0.3, -0.25) is 14.4 Å². The molecule has 0 aromatic carbocycles. The van der Waals surface area contributed by atoms with Crippen LogP contribution in [0.5, 0.6) is 0 Å². The Hall–Kier alpha value is -2.84. The van der Waals surface area contributed by atoms with E-state index in [0.717, 1.165) is 25.7 Å². The maximum atomic E-state index is 13.4. The SMILES string of the molecule is C[C@@H](NC(=O)Cn1cnnn1)[C@H]1C(=O)N2C(C(=O)O)=C(SC3CNC(C(=O)C4C[C@H]5CC[C@@H](C4)C5N)C3)[C@H](C)[C@H]12. The fourth-order valence-corrected chi connectivity index (χ4v) is 9.25. The molecule has 2 aliphatic carbocycles. The first-order valence-corrected chi connectivity index (χ1v) is 15.0. The topological polar surface area (TPSA) is 185 Å². The summed E-state index contributed by atoms with van der Waals surface area (Å²) in [4.78, 5) is 53.4. The molecule has 4 heterocycles. The Bertz CT molecular complexity index is 1230. The minimum atomic E-state index is -1.13. The molecule has 0 spiro atoms. The minimum Gasteiger partial charge on any atom is -0.477 e. The van der Waals surface area contributed by atoms with Crippen molar-refractivity contribution in [3.63, 3.8) is 0 Å². The van der Waals surface area contributed by atoms with Crippen LogP contribution in [0.3, 0.4) is 0 Å². The van der Waals surface area contributed by atoms with Crippen molar-refractivity contribution in [2.45, 2.75) is 81.9 Å². The normalized spacial score (nSPS) is 37.3. The molecule has 216 valence electrons. The maximum Gasteiger partial charge on any atom is 0.353 e. The second-order valence-electron chi connectivity index (χ2n) is 12.1. The number of nitrogens with zero attached hydrogens (tertiary/aromatic N) is 5. The van der Waals surface area contributed by atoms with Crippen LogP contribution >= 0.6 is 11.8 Å². The number of carbonyl (C=O) groups is 4. The number of hydrogen-bond donors (Lipinski definition) is 4. The van der Waals surface area contributed by atoms with Crippen LogP contribution in [0.2, 0.25) is 0 Å². The molecule has 1 aromatic heterocycles. The molecule has 10 atom stereocenters. The van der Waals surface area contributed by atoms with Gasteiger partial charge in [-0.15, -0.1) is 16.9 Å². The van der Waals surface area contributed by atoms with E-state index in [2.05, 4.69) is 26.2 Å². The van der Waals surface area contributed by atoms with E-state index < -0.39 is 17.9 Å². The number of thioether (sulfide) groups is 1. The van der Waals surface area contributed by atoms with Crippen LogP contribution in [-0.2, 0) is 25.7 Å². The van der Waals surface area contributed by atoms with Crippen molar-refractivity contribution in [1.29, 1.82) is 0 Å². The van der Waals surface area contributed by atoms with Gasteiger partial charge in [0.25, 0.3) is 0 Å². The molecule has 4 fully saturated rings. The molecule has 5 aliphatic rings. The smallest absolute Gasteiger partial charge is 0.353 e. The number of aliphatic carboxylic acids is 1. The first-order chi connectivity index (χ1) is 19.1. The summed E-state index contributed by atoms with van der Waals surface area (Å²) in [6.07, 6.45) is 5.96. The largest absolute Gasteiger partial charge is 0.477 e. The summed E-state index contributed by atoms with van der Waals surface area (Å²) in [5, 5.41) is 27.0. The van der Waals surface area contributed by atoms with Gasteiger partial charge in [-0.25, -0.2) is 9.48 Å². The number of nitrogens with two attached hydrogens (primary N) is 1. The second-order valence-corrected chi connectivity index (χ2v) is 13.4. The van der Waals surface area contributed by atoms with Crippen LogP contribution in [-0.4, -0.2) is 89.7 Å². The van der Waals surface area contributed by atoms with Gasteiger partial charge in [-0.1, -0.05) is 6.92 Å². The second kappa shape index (κ2) is 10.5. The van der Waals surface area contributed by atoms with Crippen molar-refractivity contribution in [2.24, 2.45) is 35.3 Å². The van der Waals surface area contributed by atoms with E-state index in [-0.39, 0.29) is 65.1 Å². The zero-order chi connectivity index (χ0) is 28.3. The number of β-lactam (4-membered cyclic amide) rings is 1. The number of fused-ring (bicyclic) bond motifs is 3. The van der Waals surface area contributed by atoms with E-state index in [4.69, 9.17) is 5.73 Å². The lowest BCUT2D eigenvalue weighted by Gasteiger charge is -2.47. The Kier molecular flexibility index (Phi) is 7.20. The highest BCUT2D eigenvalue weighted by Gasteiger charge is 2.60. The molecule has 14 heteroatoms. The minimum absolute atomic E-state index is 0.0311. The average Bonchev–Trinajstić information content (AvgIpc) is 3.66. The summed E-state index contributed by atoms with van der Waals surface area (Å²) in [5.41, 5.74) is 6.37. The maximum absolute atomic E-state index is 13.4. The number of carbonyl (C=O) groups excluding carboxylic acids is 3. The Morgan fingerprint density at radius 2 is 1.98 bits per heavy atom. The van der Waals surface area contributed by atoms with Crippen molar-refractivity contribution < 1.29 is 24.3 Å². The summed E-state index contributed by atoms with van der Waals surface area (Å²) in [6, 6.07) is -0.844. The molecule has 5 N–H and O–H groups in total. The highest BCUT2D eigenvalue weighted by molar-refractivity contribution is 8.03. The quantitative estimate of drug-likeness (QED) is 0.286. The number of carboxylic acid groups (broad SMARTS) is 1. The molecule has 40 heavy (non-hydrogen) atoms. The summed E-state index contributed by atoms with van der Waals surface area (Å²) in [6.45, 7) is 4.23. The van der Waals surface area contributed by atoms with E-state index in [1.807, 2.05) is 6.92 Å². The zero-order valence-electron chi connectivity index (χ0n) is 22.6. The fourth-order valence-electron chi connectivity index (χ4n) is 7.77. The number of ketones is 1. The fraction of sp³-hybridized carbons (Fsp3) is 0.731. The van der Waals surface area contributed by atoms with E-state index in [9.17, 15) is 24.3 Å². The van der Waals surface area contributed by atoms with E-state index >= 15 is 0 Å². The Morgan fingerprint density at radius 3 is 2.62 bits per heavy atom. The predicted molar refractivity (Wildman–Crippen MR) is 143 cm³/mol. The lowest BCUT2D eigenvalue weighted by Crippen LogP contribution is -2.66. The highest BCUT2D eigenvalue weighted by atomic mass is 32.2. The lowest BCUT2D eigenvalue weighted by atomic mass is 9.74. The molecular weight excluding hydrogens is 536 g/mol. The average molecular weight is 573 g/mol. The molecule has 4 unspecified atom stereocenters. The summed E-state index contributed by atoms with van der Waals surface area (Å²) in [5.74, 6) is -1.30. The standard InChI is InChI=1S/C26H36N8O5S/c1-11-21-19(12(2)30-18(35)9-33-10-29-31-32-33)25(37)34(21)22(26(38)39)24(11)40-16-7-17(28-8-16)23(36)15-5-13-3-4-14(6-15)20(13)27/h10-17,19-21,28H,3-9,27H2,1-2H3,(H,30,35)(H,38,39)/t11-,12-,13-,14+,15?,16?,17?,19-,20?,21-/m1/s1. The zero-order valence-corrected chi connectivity index (χ0v) is 23.4. The van der Waals surface area contributed by atoms with E-state index in [1.54, 1.807) is 6.92 Å². The van der Waals surface area contributed by atoms with Gasteiger partial charge in [0.05, 0.1) is 18.0 Å². The van der Waals surface area contributed by atoms with E-state index in [0.29, 0.717) is 29.7 Å². The van der Waals surface area contributed by atoms with Gasteiger partial charge >= 0.3 is 5.97 Å². The highest BCUT2D eigenvalue weighted by Crippen LogP contribution is 2.52. The Labute approximate surface area is 236 Å². The number of carboxylic acids is 1. The van der Waals surface area contributed by atoms with Crippen LogP contribution in [0, 0.1) is 29.6 Å². The summed E-state index contributed by atoms with van der Waals surface area (Å²) >= 11 is 1.48. The molecule has 2 bridgehead atoms. The van der Waals surface area contributed by atoms with Crippen molar-refractivity contribution in [2.75, 3.05) is 6.54 Å². The first kappa shape index (κ1) is 27.3. The van der Waals surface area contributed by atoms with Crippen LogP contribution in [0.15, 0.2) is 16.9 Å². The number of Topliss-reactive ketones (excluding diaryl/α,β-unsaturated/α-hetero) is 1. The van der Waals surface area contributed by atoms with Crippen molar-refractivity contribution in [3.8, 4) is 0 Å². The Balaban J connectivity index is 1.09. The van der Waals surface area contributed by atoms with Crippen molar-refractivity contribution in [3.05, 3.63) is 16.9 Å². The van der Waals surface area contributed by atoms with Gasteiger partial charge in [-0.05, 0) is 61.3 Å². The lowest BCUT2D eigenvalue weighted by molar-refractivity contribution is -0.158. The molecule has 13 nitrogen and oxygen atoms in total. The van der Waals surface area contributed by atoms with Gasteiger partial charge in [0.2, 0.25) is 11.8 Å². The van der Waals surface area contributed by atoms with Crippen LogP contribution in [0.25, 0.3) is 0 Å². The first-order valence-electron chi connectivity index (χ1n) is 14.1. The number of amides is 2. The number of hydrogen-bond acceptors (Lipinski definition) is 10. The van der Waals surface area contributed by atoms with Gasteiger partial charge in [0, 0.05) is 40.6 Å². The van der Waals surface area contributed by atoms with Crippen LogP contribution in [0.1, 0.15) is 46.0 Å². The number of nitrogens with one attached hydrogen (secondary N) is 2. The third-order valence-corrected chi connectivity index (χ3v) is 11.2. The van der Waals surface area contributed by atoms with Gasteiger partial charge in [0.15, 0.2) is 5.78 Å². The molecule has 2 amide bonds. The summed E-state index contributed by atoms with van der Waals surface area (Å²) < 4.78 is 1.29. The molecule has 2 saturated heterocycles. The van der Waals surface area contributed by atoms with Gasteiger partial charge < -0.3 is 26.4 Å². The molecule has 0 radical (unpaired) electrons. The predicted octanol–water partition coefficient (Wildman–Crippen LogP) is -0.253. The van der Waals surface area contributed by atoms with Crippen LogP contribution < -0.4 is 16.4 Å². The van der Waals surface area contributed by atoms with Crippen LogP contribution in [0.4, 0.5) is 0 Å². The summed E-state index contributed by atoms with van der Waals surface area (Å²) in [7, 11) is 0. The molecular formula is C26H36N8O5S. The van der Waals surface area contributed by atoms with Gasteiger partial charge in [0.1, 0.15) is 18.6 Å². The van der Waals surface area contributed by atoms with Crippen molar-refractivity contribution in [1.82, 2.24) is 35.7 Å². The molecule has 3 aliphatic heterocycles. The molecule has 6 rings (SSSR count).